The summed E-state index contributed by atoms with van der Waals surface area (Å²) in [5, 5.41) is 3.13. The number of nitrogens with one attached hydrogen (secondary N) is 1. The van der Waals surface area contributed by atoms with Gasteiger partial charge in [0.05, 0.1) is 19.7 Å². The molecule has 4 saturated heterocycles. The molecule has 2 bridgehead atoms. The zero-order valence-electron chi connectivity index (χ0n) is 23.2. The maximum Gasteiger partial charge on any atom is 0.408 e. The Kier molecular flexibility index (Phi) is 8.14. The lowest BCUT2D eigenvalue weighted by Crippen LogP contribution is -2.69. The number of benzene rings is 2. The molecule has 0 aliphatic carbocycles. The second kappa shape index (κ2) is 12.3. The quantitative estimate of drug-likeness (QED) is 0.344. The number of carbonyl (C=O) groups is 2. The highest BCUT2D eigenvalue weighted by atomic mass is 16.7. The van der Waals surface area contributed by atoms with Crippen molar-refractivity contribution in [1.29, 1.82) is 0 Å². The molecule has 5 aliphatic heterocycles. The zero-order chi connectivity index (χ0) is 28.1. The van der Waals surface area contributed by atoms with Gasteiger partial charge in [0.15, 0.2) is 0 Å². The molecule has 2 amide bonds. The summed E-state index contributed by atoms with van der Waals surface area (Å²) in [7, 11) is 0. The molecule has 1 N–H and O–H groups in total. The van der Waals surface area contributed by atoms with Crippen molar-refractivity contribution in [3.05, 3.63) is 84.3 Å². The number of carbonyl (C=O) groups excluding carboxylic acids is 2. The lowest BCUT2D eigenvalue weighted by molar-refractivity contribution is -0.134. The van der Waals surface area contributed by atoms with E-state index >= 15 is 0 Å². The summed E-state index contributed by atoms with van der Waals surface area (Å²) in [6, 6.07) is 17.4. The van der Waals surface area contributed by atoms with Gasteiger partial charge in [0.25, 0.3) is 0 Å². The predicted molar refractivity (Wildman–Crippen MR) is 153 cm³/mol. The van der Waals surface area contributed by atoms with Crippen LogP contribution >= 0.6 is 0 Å². The van der Waals surface area contributed by atoms with Crippen molar-refractivity contribution in [2.75, 3.05) is 39.3 Å². The van der Waals surface area contributed by atoms with Gasteiger partial charge in [0, 0.05) is 19.0 Å². The molecular formula is C32H37N3O6. The fourth-order valence-corrected chi connectivity index (χ4v) is 6.05. The largest absolute Gasteiger partial charge is 0.494 e. The van der Waals surface area contributed by atoms with Crippen LogP contribution in [0.3, 0.4) is 0 Å². The van der Waals surface area contributed by atoms with Crippen LogP contribution in [-0.2, 0) is 24.5 Å². The Hall–Kier alpha value is -3.98. The summed E-state index contributed by atoms with van der Waals surface area (Å²) in [4.78, 5) is 30.1. The van der Waals surface area contributed by atoms with Crippen LogP contribution in [0.2, 0.25) is 0 Å². The molecule has 0 radical (unpaired) electrons. The Morgan fingerprint density at radius 1 is 1.00 bits per heavy atom. The van der Waals surface area contributed by atoms with Gasteiger partial charge < -0.3 is 29.2 Å². The van der Waals surface area contributed by atoms with Gasteiger partial charge in [-0.25, -0.2) is 4.79 Å². The van der Waals surface area contributed by atoms with Gasteiger partial charge in [-0.15, -0.1) is 0 Å². The Morgan fingerprint density at radius 2 is 1.73 bits per heavy atom. The van der Waals surface area contributed by atoms with Gasteiger partial charge >= 0.3 is 6.09 Å². The number of amides is 2. The molecule has 5 aliphatic rings. The van der Waals surface area contributed by atoms with Gasteiger partial charge in [-0.3, -0.25) is 9.69 Å². The second-order valence-electron chi connectivity index (χ2n) is 11.2. The van der Waals surface area contributed by atoms with Gasteiger partial charge in [-0.2, -0.15) is 0 Å². The van der Waals surface area contributed by atoms with Crippen LogP contribution in [0.5, 0.6) is 5.75 Å². The molecule has 1 atom stereocenters. The van der Waals surface area contributed by atoms with E-state index in [4.69, 9.17) is 18.9 Å². The molecule has 41 heavy (non-hydrogen) atoms. The summed E-state index contributed by atoms with van der Waals surface area (Å²) in [5.74, 6) is 1.11. The number of alkyl carbamates (subject to hydrolysis) is 1. The summed E-state index contributed by atoms with van der Waals surface area (Å²) in [5.41, 5.74) is 1.20. The molecule has 9 nitrogen and oxygen atoms in total. The maximum atomic E-state index is 13.0. The van der Waals surface area contributed by atoms with Crippen LogP contribution in [0.4, 0.5) is 4.79 Å². The molecule has 2 aromatic carbocycles. The van der Waals surface area contributed by atoms with Crippen molar-refractivity contribution in [2.45, 2.75) is 43.6 Å². The minimum atomic E-state index is -0.665. The highest BCUT2D eigenvalue weighted by Gasteiger charge is 2.48. The van der Waals surface area contributed by atoms with E-state index in [9.17, 15) is 9.59 Å². The molecular weight excluding hydrogens is 522 g/mol. The zero-order valence-corrected chi connectivity index (χ0v) is 23.2. The molecule has 4 fully saturated rings. The monoisotopic (exact) mass is 559 g/mol. The normalized spacial score (nSPS) is 24.4. The Morgan fingerprint density at radius 3 is 2.41 bits per heavy atom. The lowest BCUT2D eigenvalue weighted by atomic mass is 9.82. The molecule has 0 saturated carbocycles. The number of likely N-dealkylation sites (tertiary alicyclic amines) is 1. The first-order valence-corrected chi connectivity index (χ1v) is 14.5. The van der Waals surface area contributed by atoms with E-state index in [2.05, 4.69) is 10.2 Å². The van der Waals surface area contributed by atoms with Gasteiger partial charge in [0.2, 0.25) is 12.2 Å². The topological polar surface area (TPSA) is 89.6 Å². The minimum Gasteiger partial charge on any atom is -0.494 e. The average molecular weight is 560 g/mol. The second-order valence-corrected chi connectivity index (χ2v) is 11.2. The first kappa shape index (κ1) is 27.2. The van der Waals surface area contributed by atoms with Crippen LogP contribution in [0, 0.1) is 5.92 Å². The fourth-order valence-electron chi connectivity index (χ4n) is 6.05. The van der Waals surface area contributed by atoms with Crippen molar-refractivity contribution >= 4 is 18.1 Å². The van der Waals surface area contributed by atoms with Crippen LogP contribution in [-0.4, -0.2) is 73.5 Å². The predicted octanol–water partition coefficient (Wildman–Crippen LogP) is 4.26. The summed E-state index contributed by atoms with van der Waals surface area (Å²) in [6.45, 7) is 4.32. The number of ether oxygens (including phenoxy) is 4. The molecule has 9 heteroatoms. The van der Waals surface area contributed by atoms with E-state index in [0.717, 1.165) is 62.2 Å². The number of hydrogen-bond acceptors (Lipinski definition) is 7. The van der Waals surface area contributed by atoms with E-state index in [1.54, 1.807) is 29.6 Å². The molecule has 2 aromatic rings. The summed E-state index contributed by atoms with van der Waals surface area (Å²) in [6.07, 6.45) is 9.52. The number of hydrogen-bond donors (Lipinski definition) is 1. The maximum absolute atomic E-state index is 13.0. The molecule has 216 valence electrons. The number of rotatable bonds is 10. The van der Waals surface area contributed by atoms with Gasteiger partial charge in [0.1, 0.15) is 29.9 Å². The van der Waals surface area contributed by atoms with E-state index in [1.165, 1.54) is 0 Å². The van der Waals surface area contributed by atoms with Gasteiger partial charge in [-0.05, 0) is 67.6 Å². The van der Waals surface area contributed by atoms with Crippen molar-refractivity contribution < 1.29 is 28.5 Å². The third kappa shape index (κ3) is 6.51. The van der Waals surface area contributed by atoms with E-state index in [0.29, 0.717) is 25.6 Å². The molecule has 7 rings (SSSR count). The highest BCUT2D eigenvalue weighted by Crippen LogP contribution is 2.34. The van der Waals surface area contributed by atoms with Crippen LogP contribution in [0.25, 0.3) is 6.08 Å². The number of nitrogens with zero attached hydrogens (tertiary/aromatic N) is 2. The van der Waals surface area contributed by atoms with Crippen molar-refractivity contribution in [1.82, 2.24) is 15.1 Å². The fraction of sp³-hybridized carbons (Fsp3) is 0.438. The first-order valence-electron chi connectivity index (χ1n) is 14.5. The van der Waals surface area contributed by atoms with Crippen molar-refractivity contribution in [3.8, 4) is 5.75 Å². The third-order valence-electron chi connectivity index (χ3n) is 8.42. The number of piperidine rings is 3. The first-order chi connectivity index (χ1) is 20.1. The van der Waals surface area contributed by atoms with E-state index < -0.39 is 11.6 Å². The number of fused-ring (bicyclic) bond motifs is 3. The Bertz CT molecular complexity index is 1240. The van der Waals surface area contributed by atoms with Crippen LogP contribution in [0.1, 0.15) is 36.8 Å². The Labute approximate surface area is 240 Å². The van der Waals surface area contributed by atoms with Crippen molar-refractivity contribution in [2.24, 2.45) is 5.92 Å². The average Bonchev–Trinajstić information content (AvgIpc) is 3.51. The lowest BCUT2D eigenvalue weighted by Gasteiger charge is -2.50. The molecule has 0 spiro atoms. The van der Waals surface area contributed by atoms with E-state index in [1.807, 2.05) is 54.6 Å². The van der Waals surface area contributed by atoms with E-state index in [-0.39, 0.29) is 18.3 Å². The molecule has 5 heterocycles. The van der Waals surface area contributed by atoms with Gasteiger partial charge in [-0.1, -0.05) is 42.5 Å². The smallest absolute Gasteiger partial charge is 0.408 e. The standard InChI is InChI=1S/C32H37N3O6/c36-29(13-10-24-8-11-27(12-9-24)38-18-4-7-30-39-19-20-40-30)35-22-32(23-35,26-5-2-1-3-6-26)33-31(37)41-28-21-34-16-14-25(28)15-17-34/h1-3,5-6,8-13,19-20,25,28,30H,4,7,14-18,21-23H2,(H,33,37)/b13-10+/t28-/m0/s1. The van der Waals surface area contributed by atoms with Crippen molar-refractivity contribution in [3.63, 3.8) is 0 Å². The summed E-state index contributed by atoms with van der Waals surface area (Å²) >= 11 is 0. The molecule has 0 aromatic heterocycles. The Balaban J connectivity index is 0.999. The minimum absolute atomic E-state index is 0.0680. The third-order valence-corrected chi connectivity index (χ3v) is 8.42. The highest BCUT2D eigenvalue weighted by molar-refractivity contribution is 5.92. The summed E-state index contributed by atoms with van der Waals surface area (Å²) < 4.78 is 22.2. The van der Waals surface area contributed by atoms with Crippen LogP contribution < -0.4 is 10.1 Å². The SMILES string of the molecule is O=C(NC1(c2ccccc2)CN(C(=O)/C=C/c2ccc(OCCCC3OC=CO3)cc2)C1)O[C@H]1CN2CCC1CC2. The molecule has 0 unspecified atom stereocenters. The van der Waals surface area contributed by atoms with Crippen LogP contribution in [0.15, 0.2) is 73.2 Å².